The summed E-state index contributed by atoms with van der Waals surface area (Å²) in [6, 6.07) is 11.0. The van der Waals surface area contributed by atoms with Crippen LogP contribution >= 0.6 is 0 Å². The number of rotatable bonds is 1. The van der Waals surface area contributed by atoms with Crippen LogP contribution in [0.5, 0.6) is 0 Å². The number of fused-ring (bicyclic) bond motifs is 3. The molecule has 0 bridgehead atoms. The zero-order chi connectivity index (χ0) is 14.4. The fraction of sp³-hybridized carbons (Fsp3) is 0.294. The Bertz CT molecular complexity index is 819. The fourth-order valence-electron chi connectivity index (χ4n) is 3.07. The van der Waals surface area contributed by atoms with Gasteiger partial charge in [0.1, 0.15) is 5.82 Å². The Kier molecular flexibility index (Phi) is 2.70. The minimum Gasteiger partial charge on any atom is -0.370 e. The summed E-state index contributed by atoms with van der Waals surface area (Å²) in [5, 5.41) is 9.28. The first kappa shape index (κ1) is 12.4. The van der Waals surface area contributed by atoms with Gasteiger partial charge in [0.2, 0.25) is 0 Å². The number of aromatic nitrogens is 3. The van der Waals surface area contributed by atoms with Crippen molar-refractivity contribution in [1.29, 1.82) is 0 Å². The Morgan fingerprint density at radius 1 is 1.19 bits per heavy atom. The first-order chi connectivity index (χ1) is 10.2. The lowest BCUT2D eigenvalue weighted by atomic mass is 9.98. The largest absolute Gasteiger partial charge is 0.370 e. The van der Waals surface area contributed by atoms with Gasteiger partial charge in [0.25, 0.3) is 0 Å². The maximum absolute atomic E-state index is 4.71. The summed E-state index contributed by atoms with van der Waals surface area (Å²) in [6.45, 7) is 5.29. The Morgan fingerprint density at radius 3 is 2.95 bits per heavy atom. The molecule has 4 heteroatoms. The summed E-state index contributed by atoms with van der Waals surface area (Å²) in [7, 11) is 0. The van der Waals surface area contributed by atoms with E-state index >= 15 is 0 Å². The summed E-state index contributed by atoms with van der Waals surface area (Å²) < 4.78 is 2.10. The molecule has 1 aromatic carbocycles. The lowest BCUT2D eigenvalue weighted by molar-refractivity contribution is 0.485. The van der Waals surface area contributed by atoms with Crippen LogP contribution in [0.1, 0.15) is 29.2 Å². The fourth-order valence-corrected chi connectivity index (χ4v) is 3.07. The van der Waals surface area contributed by atoms with Gasteiger partial charge >= 0.3 is 0 Å². The second kappa shape index (κ2) is 4.58. The third-order valence-corrected chi connectivity index (χ3v) is 4.39. The SMILES string of the molecule is Cc1ccc(C2CCNc3c4cccnc4nn32)cc1C. The van der Waals surface area contributed by atoms with Crippen LogP contribution in [0.3, 0.4) is 0 Å². The number of nitrogens with zero attached hydrogens (tertiary/aromatic N) is 3. The van der Waals surface area contributed by atoms with Crippen molar-refractivity contribution in [3.8, 4) is 0 Å². The van der Waals surface area contributed by atoms with Crippen LogP contribution in [-0.4, -0.2) is 21.3 Å². The minimum absolute atomic E-state index is 0.287. The Labute approximate surface area is 123 Å². The van der Waals surface area contributed by atoms with Gasteiger partial charge in [-0.1, -0.05) is 18.2 Å². The van der Waals surface area contributed by atoms with Gasteiger partial charge in [0.05, 0.1) is 11.4 Å². The van der Waals surface area contributed by atoms with Crippen molar-refractivity contribution in [2.24, 2.45) is 0 Å². The van der Waals surface area contributed by atoms with Crippen molar-refractivity contribution in [2.75, 3.05) is 11.9 Å². The predicted molar refractivity (Wildman–Crippen MR) is 84.7 cm³/mol. The number of aryl methyl sites for hydroxylation is 2. The monoisotopic (exact) mass is 278 g/mol. The van der Waals surface area contributed by atoms with Gasteiger partial charge in [-0.15, -0.1) is 5.10 Å². The van der Waals surface area contributed by atoms with E-state index in [2.05, 4.69) is 53.1 Å². The number of nitrogens with one attached hydrogen (secondary N) is 1. The Morgan fingerprint density at radius 2 is 2.10 bits per heavy atom. The van der Waals surface area contributed by atoms with Crippen molar-refractivity contribution < 1.29 is 0 Å². The second-order valence-corrected chi connectivity index (χ2v) is 5.74. The molecule has 1 aliphatic rings. The van der Waals surface area contributed by atoms with E-state index in [-0.39, 0.29) is 6.04 Å². The standard InChI is InChI=1S/C17H18N4/c1-11-5-6-13(10-12(11)2)15-7-9-19-17-14-4-3-8-18-16(14)20-21(15)17/h3-6,8,10,15,19H,7,9H2,1-2H3. The number of hydrogen-bond acceptors (Lipinski definition) is 3. The molecule has 0 radical (unpaired) electrons. The molecule has 0 aliphatic carbocycles. The maximum atomic E-state index is 4.71. The lowest BCUT2D eigenvalue weighted by Crippen LogP contribution is -2.24. The Balaban J connectivity index is 1.88. The summed E-state index contributed by atoms with van der Waals surface area (Å²) in [6.07, 6.45) is 2.84. The second-order valence-electron chi connectivity index (χ2n) is 5.74. The quantitative estimate of drug-likeness (QED) is 0.741. The molecule has 21 heavy (non-hydrogen) atoms. The third-order valence-electron chi connectivity index (χ3n) is 4.39. The van der Waals surface area contributed by atoms with E-state index in [0.717, 1.165) is 29.8 Å². The highest BCUT2D eigenvalue weighted by atomic mass is 15.4. The van der Waals surface area contributed by atoms with E-state index in [0.29, 0.717) is 0 Å². The van der Waals surface area contributed by atoms with Crippen molar-refractivity contribution in [3.05, 3.63) is 53.2 Å². The van der Waals surface area contributed by atoms with Crippen LogP contribution in [0, 0.1) is 13.8 Å². The van der Waals surface area contributed by atoms with E-state index in [4.69, 9.17) is 5.10 Å². The molecule has 4 nitrogen and oxygen atoms in total. The summed E-state index contributed by atoms with van der Waals surface area (Å²) in [5.41, 5.74) is 4.81. The van der Waals surface area contributed by atoms with E-state index in [1.165, 1.54) is 16.7 Å². The molecule has 2 aromatic heterocycles. The number of pyridine rings is 1. The van der Waals surface area contributed by atoms with Gasteiger partial charge in [0, 0.05) is 12.7 Å². The van der Waals surface area contributed by atoms with Gasteiger partial charge in [-0.3, -0.25) is 0 Å². The van der Waals surface area contributed by atoms with Crippen molar-refractivity contribution in [3.63, 3.8) is 0 Å². The first-order valence-corrected chi connectivity index (χ1v) is 7.38. The summed E-state index contributed by atoms with van der Waals surface area (Å²) >= 11 is 0. The zero-order valence-electron chi connectivity index (χ0n) is 12.3. The molecule has 0 fully saturated rings. The van der Waals surface area contributed by atoms with Crippen molar-refractivity contribution in [2.45, 2.75) is 26.3 Å². The lowest BCUT2D eigenvalue weighted by Gasteiger charge is -2.26. The van der Waals surface area contributed by atoms with Crippen LogP contribution in [0.25, 0.3) is 11.0 Å². The molecule has 0 saturated heterocycles. The van der Waals surface area contributed by atoms with Gasteiger partial charge in [-0.2, -0.15) is 0 Å². The molecule has 3 aromatic rings. The average Bonchev–Trinajstić information content (AvgIpc) is 2.89. The molecular formula is C17H18N4. The predicted octanol–water partition coefficient (Wildman–Crippen LogP) is 3.45. The molecule has 1 unspecified atom stereocenters. The molecule has 0 saturated carbocycles. The summed E-state index contributed by atoms with van der Waals surface area (Å²) in [5.74, 6) is 1.09. The van der Waals surface area contributed by atoms with Gasteiger partial charge < -0.3 is 5.32 Å². The highest BCUT2D eigenvalue weighted by Gasteiger charge is 2.24. The normalized spacial score (nSPS) is 17.5. The van der Waals surface area contributed by atoms with E-state index in [9.17, 15) is 0 Å². The Hall–Kier alpha value is -2.36. The number of benzene rings is 1. The summed E-state index contributed by atoms with van der Waals surface area (Å²) in [4.78, 5) is 4.37. The van der Waals surface area contributed by atoms with Crippen LogP contribution in [-0.2, 0) is 0 Å². The smallest absolute Gasteiger partial charge is 0.183 e. The molecule has 0 spiro atoms. The molecule has 3 heterocycles. The average molecular weight is 278 g/mol. The molecule has 1 aliphatic heterocycles. The minimum atomic E-state index is 0.287. The highest BCUT2D eigenvalue weighted by Crippen LogP contribution is 2.34. The third kappa shape index (κ3) is 1.90. The van der Waals surface area contributed by atoms with Crippen molar-refractivity contribution in [1.82, 2.24) is 14.8 Å². The first-order valence-electron chi connectivity index (χ1n) is 7.38. The molecule has 0 amide bonds. The maximum Gasteiger partial charge on any atom is 0.183 e. The molecule has 1 atom stereocenters. The van der Waals surface area contributed by atoms with Gasteiger partial charge in [0.15, 0.2) is 5.65 Å². The van der Waals surface area contributed by atoms with Gasteiger partial charge in [-0.25, -0.2) is 9.67 Å². The van der Waals surface area contributed by atoms with E-state index in [1.807, 2.05) is 6.07 Å². The molecule has 106 valence electrons. The van der Waals surface area contributed by atoms with Gasteiger partial charge in [-0.05, 0) is 49.1 Å². The topological polar surface area (TPSA) is 42.7 Å². The van der Waals surface area contributed by atoms with E-state index in [1.54, 1.807) is 6.20 Å². The highest BCUT2D eigenvalue weighted by molar-refractivity contribution is 5.87. The van der Waals surface area contributed by atoms with Crippen LogP contribution in [0.2, 0.25) is 0 Å². The van der Waals surface area contributed by atoms with Crippen LogP contribution < -0.4 is 5.32 Å². The van der Waals surface area contributed by atoms with Crippen LogP contribution in [0.4, 0.5) is 5.82 Å². The molecule has 4 rings (SSSR count). The van der Waals surface area contributed by atoms with E-state index < -0.39 is 0 Å². The molecular weight excluding hydrogens is 260 g/mol. The number of anilines is 1. The number of hydrogen-bond donors (Lipinski definition) is 1. The van der Waals surface area contributed by atoms with Crippen LogP contribution in [0.15, 0.2) is 36.5 Å². The molecule has 1 N–H and O–H groups in total. The zero-order valence-corrected chi connectivity index (χ0v) is 12.3. The van der Waals surface area contributed by atoms with Crippen molar-refractivity contribution >= 4 is 16.9 Å².